The van der Waals surface area contributed by atoms with E-state index in [4.69, 9.17) is 0 Å². The fourth-order valence-corrected chi connectivity index (χ4v) is 2.30. The number of halogens is 1. The average Bonchev–Trinajstić information content (AvgIpc) is 2.67. The molecule has 0 unspecified atom stereocenters. The number of thioether (sulfide) groups is 1. The van der Waals surface area contributed by atoms with Gasteiger partial charge in [-0.25, -0.2) is 4.98 Å². The van der Waals surface area contributed by atoms with Gasteiger partial charge in [-0.05, 0) is 29.9 Å². The van der Waals surface area contributed by atoms with Gasteiger partial charge in [-0.3, -0.25) is 0 Å². The second-order valence-corrected chi connectivity index (χ2v) is 5.32. The Morgan fingerprint density at radius 3 is 2.57 bits per heavy atom. The molecule has 0 amide bonds. The Labute approximate surface area is 99.1 Å². The van der Waals surface area contributed by atoms with Crippen LogP contribution in [-0.2, 0) is 0 Å². The molecule has 1 heterocycles. The zero-order chi connectivity index (χ0) is 9.97. The van der Waals surface area contributed by atoms with E-state index in [9.17, 15) is 0 Å². The monoisotopic (exact) mass is 286 g/mol. The Kier molecular flexibility index (Phi) is 3.20. The summed E-state index contributed by atoms with van der Waals surface area (Å²) in [4.78, 5) is 4.38. The third kappa shape index (κ3) is 2.16. The highest BCUT2D eigenvalue weighted by molar-refractivity contribution is 9.10. The Morgan fingerprint density at radius 2 is 2.00 bits per heavy atom. The SMILES string of the molecule is CSc1nc(-c2ccc(Br)cc2)ns1. The number of aromatic nitrogens is 2. The van der Waals surface area contributed by atoms with Gasteiger partial charge in [0.2, 0.25) is 0 Å². The standard InChI is InChI=1S/C9H7BrN2S2/c1-13-9-11-8(12-14-9)6-2-4-7(10)5-3-6/h2-5H,1H3. The van der Waals surface area contributed by atoms with Crippen molar-refractivity contribution in [1.82, 2.24) is 9.36 Å². The molecule has 0 saturated heterocycles. The molecule has 0 bridgehead atoms. The fraction of sp³-hybridized carbons (Fsp3) is 0.111. The molecule has 0 aliphatic carbocycles. The van der Waals surface area contributed by atoms with Crippen molar-refractivity contribution in [3.05, 3.63) is 28.7 Å². The minimum atomic E-state index is 0.812. The molecule has 0 radical (unpaired) electrons. The van der Waals surface area contributed by atoms with Crippen LogP contribution in [0.4, 0.5) is 0 Å². The van der Waals surface area contributed by atoms with Crippen molar-refractivity contribution in [3.8, 4) is 11.4 Å². The summed E-state index contributed by atoms with van der Waals surface area (Å²) in [5.74, 6) is 0.812. The molecular formula is C9H7BrN2S2. The van der Waals surface area contributed by atoms with Crippen molar-refractivity contribution in [2.24, 2.45) is 0 Å². The summed E-state index contributed by atoms with van der Waals surface area (Å²) in [6.45, 7) is 0. The van der Waals surface area contributed by atoms with Gasteiger partial charge in [0.1, 0.15) is 0 Å². The molecule has 0 aliphatic rings. The van der Waals surface area contributed by atoms with Crippen molar-refractivity contribution in [2.45, 2.75) is 4.34 Å². The van der Waals surface area contributed by atoms with Crippen LogP contribution in [0.2, 0.25) is 0 Å². The first kappa shape index (κ1) is 10.1. The van der Waals surface area contributed by atoms with E-state index < -0.39 is 0 Å². The Morgan fingerprint density at radius 1 is 1.29 bits per heavy atom. The zero-order valence-corrected chi connectivity index (χ0v) is 10.6. The fourth-order valence-electron chi connectivity index (χ4n) is 1.01. The predicted molar refractivity (Wildman–Crippen MR) is 64.8 cm³/mol. The highest BCUT2D eigenvalue weighted by atomic mass is 79.9. The van der Waals surface area contributed by atoms with E-state index >= 15 is 0 Å². The van der Waals surface area contributed by atoms with Gasteiger partial charge < -0.3 is 0 Å². The molecule has 0 fully saturated rings. The van der Waals surface area contributed by atoms with E-state index in [-0.39, 0.29) is 0 Å². The van der Waals surface area contributed by atoms with Crippen molar-refractivity contribution >= 4 is 39.2 Å². The maximum absolute atomic E-state index is 4.38. The molecule has 0 N–H and O–H groups in total. The third-order valence-electron chi connectivity index (χ3n) is 1.68. The lowest BCUT2D eigenvalue weighted by Crippen LogP contribution is -1.79. The minimum absolute atomic E-state index is 0.812. The van der Waals surface area contributed by atoms with Crippen LogP contribution in [0.25, 0.3) is 11.4 Å². The van der Waals surface area contributed by atoms with Crippen LogP contribution in [0.5, 0.6) is 0 Å². The topological polar surface area (TPSA) is 25.8 Å². The maximum Gasteiger partial charge on any atom is 0.174 e. The van der Waals surface area contributed by atoms with Gasteiger partial charge >= 0.3 is 0 Å². The lowest BCUT2D eigenvalue weighted by Gasteiger charge is -1.94. The number of hydrogen-bond donors (Lipinski definition) is 0. The van der Waals surface area contributed by atoms with Crippen LogP contribution in [0.3, 0.4) is 0 Å². The third-order valence-corrected chi connectivity index (χ3v) is 3.89. The maximum atomic E-state index is 4.38. The van der Waals surface area contributed by atoms with E-state index in [1.807, 2.05) is 30.5 Å². The molecule has 0 aliphatic heterocycles. The first-order valence-electron chi connectivity index (χ1n) is 3.93. The van der Waals surface area contributed by atoms with Crippen molar-refractivity contribution in [3.63, 3.8) is 0 Å². The average molecular weight is 287 g/mol. The summed E-state index contributed by atoms with van der Waals surface area (Å²) >= 11 is 6.46. The lowest BCUT2D eigenvalue weighted by atomic mass is 10.2. The molecule has 72 valence electrons. The molecule has 2 rings (SSSR count). The van der Waals surface area contributed by atoms with Crippen LogP contribution in [0, 0.1) is 0 Å². The van der Waals surface area contributed by atoms with Gasteiger partial charge in [0.15, 0.2) is 10.2 Å². The van der Waals surface area contributed by atoms with Crippen LogP contribution < -0.4 is 0 Å². The van der Waals surface area contributed by atoms with Crippen LogP contribution in [-0.4, -0.2) is 15.6 Å². The molecule has 1 aromatic heterocycles. The summed E-state index contributed by atoms with van der Waals surface area (Å²) in [5.41, 5.74) is 1.06. The van der Waals surface area contributed by atoms with Crippen molar-refractivity contribution in [1.29, 1.82) is 0 Å². The summed E-state index contributed by atoms with van der Waals surface area (Å²) in [6.07, 6.45) is 2.01. The summed E-state index contributed by atoms with van der Waals surface area (Å²) in [5, 5.41) is 0. The van der Waals surface area contributed by atoms with Gasteiger partial charge in [0.25, 0.3) is 0 Å². The highest BCUT2D eigenvalue weighted by Gasteiger charge is 2.04. The zero-order valence-electron chi connectivity index (χ0n) is 7.40. The molecule has 0 saturated carbocycles. The van der Waals surface area contributed by atoms with Gasteiger partial charge in [-0.2, -0.15) is 4.37 Å². The first-order valence-corrected chi connectivity index (χ1v) is 6.72. The number of benzene rings is 1. The Balaban J connectivity index is 2.34. The molecule has 5 heteroatoms. The second-order valence-electron chi connectivity index (χ2n) is 2.59. The normalized spacial score (nSPS) is 10.4. The number of rotatable bonds is 2. The van der Waals surface area contributed by atoms with E-state index in [1.54, 1.807) is 11.8 Å². The second kappa shape index (κ2) is 4.42. The van der Waals surface area contributed by atoms with Gasteiger partial charge in [0.05, 0.1) is 0 Å². The Bertz CT molecular complexity index is 425. The summed E-state index contributed by atoms with van der Waals surface area (Å²) in [6, 6.07) is 8.01. The van der Waals surface area contributed by atoms with Crippen molar-refractivity contribution < 1.29 is 0 Å². The van der Waals surface area contributed by atoms with E-state index in [0.717, 1.165) is 20.2 Å². The van der Waals surface area contributed by atoms with Gasteiger partial charge in [-0.1, -0.05) is 39.8 Å². The van der Waals surface area contributed by atoms with E-state index in [2.05, 4.69) is 25.3 Å². The number of nitrogens with zero attached hydrogens (tertiary/aromatic N) is 2. The first-order chi connectivity index (χ1) is 6.79. The summed E-state index contributed by atoms with van der Waals surface area (Å²) in [7, 11) is 0. The molecule has 1 aromatic carbocycles. The molecule has 2 aromatic rings. The predicted octanol–water partition coefficient (Wildman–Crippen LogP) is 3.69. The quantitative estimate of drug-likeness (QED) is 0.788. The van der Waals surface area contributed by atoms with Crippen molar-refractivity contribution in [2.75, 3.05) is 6.26 Å². The van der Waals surface area contributed by atoms with Crippen LogP contribution >= 0.6 is 39.2 Å². The smallest absolute Gasteiger partial charge is 0.174 e. The largest absolute Gasteiger partial charge is 0.208 e. The molecule has 14 heavy (non-hydrogen) atoms. The lowest BCUT2D eigenvalue weighted by molar-refractivity contribution is 1.22. The number of hydrogen-bond acceptors (Lipinski definition) is 4. The highest BCUT2D eigenvalue weighted by Crippen LogP contribution is 2.24. The summed E-state index contributed by atoms with van der Waals surface area (Å²) < 4.78 is 6.35. The van der Waals surface area contributed by atoms with E-state index in [0.29, 0.717) is 0 Å². The molecule has 0 spiro atoms. The van der Waals surface area contributed by atoms with Gasteiger partial charge in [0, 0.05) is 10.0 Å². The minimum Gasteiger partial charge on any atom is -0.208 e. The molecule has 2 nitrogen and oxygen atoms in total. The van der Waals surface area contributed by atoms with E-state index in [1.165, 1.54) is 11.5 Å². The van der Waals surface area contributed by atoms with Gasteiger partial charge in [-0.15, -0.1) is 0 Å². The molecular weight excluding hydrogens is 280 g/mol. The van der Waals surface area contributed by atoms with Crippen LogP contribution in [0.15, 0.2) is 33.1 Å². The van der Waals surface area contributed by atoms with Crippen LogP contribution in [0.1, 0.15) is 0 Å². The molecule has 0 atom stereocenters. The Hall–Kier alpha value is -0.390.